The molecule has 0 fully saturated rings. The molecule has 1 heterocycles. The summed E-state index contributed by atoms with van der Waals surface area (Å²) in [5, 5.41) is 13.9. The lowest BCUT2D eigenvalue weighted by Crippen LogP contribution is -2.04. The number of nitro benzene ring substituents is 1. The Kier molecular flexibility index (Phi) is 4.65. The Morgan fingerprint density at radius 3 is 2.76 bits per heavy atom. The van der Waals surface area contributed by atoms with E-state index in [2.05, 4.69) is 15.3 Å². The first-order chi connectivity index (χ1) is 10.1. The zero-order valence-corrected chi connectivity index (χ0v) is 11.9. The molecule has 1 aromatic carbocycles. The minimum atomic E-state index is -0.423. The van der Waals surface area contributed by atoms with Gasteiger partial charge >= 0.3 is 0 Å². The molecule has 0 saturated heterocycles. The molecule has 0 aliphatic rings. The van der Waals surface area contributed by atoms with Crippen molar-refractivity contribution < 1.29 is 9.66 Å². The molecule has 2 aromatic rings. The van der Waals surface area contributed by atoms with E-state index in [1.807, 2.05) is 6.92 Å². The molecule has 21 heavy (non-hydrogen) atoms. The smallest absolute Gasteiger partial charge is 0.276 e. The van der Waals surface area contributed by atoms with E-state index in [-0.39, 0.29) is 12.3 Å². The van der Waals surface area contributed by atoms with Crippen LogP contribution in [0.1, 0.15) is 18.2 Å². The lowest BCUT2D eigenvalue weighted by molar-refractivity contribution is -0.385. The summed E-state index contributed by atoms with van der Waals surface area (Å²) in [4.78, 5) is 18.8. The number of hydrogen-bond donors (Lipinski definition) is 1. The predicted octanol–water partition coefficient (Wildman–Crippen LogP) is 2.70. The second kappa shape index (κ2) is 6.65. The van der Waals surface area contributed by atoms with Crippen LogP contribution in [0.15, 0.2) is 30.6 Å². The van der Waals surface area contributed by atoms with Gasteiger partial charge in [-0.3, -0.25) is 15.1 Å². The van der Waals surface area contributed by atoms with Crippen LogP contribution in [0, 0.1) is 17.0 Å². The van der Waals surface area contributed by atoms with Gasteiger partial charge in [0.1, 0.15) is 18.2 Å². The SMILES string of the molecule is CCNc1cnc(COc2cccc([N+](=O)[O-])c2C)cn1. The normalized spacial score (nSPS) is 10.2. The molecule has 7 heteroatoms. The monoisotopic (exact) mass is 288 g/mol. The molecule has 1 aromatic heterocycles. The molecule has 7 nitrogen and oxygen atoms in total. The summed E-state index contributed by atoms with van der Waals surface area (Å²) in [6.45, 7) is 4.62. The van der Waals surface area contributed by atoms with Crippen LogP contribution in [0.4, 0.5) is 11.5 Å². The maximum absolute atomic E-state index is 10.9. The van der Waals surface area contributed by atoms with Crippen molar-refractivity contribution in [2.45, 2.75) is 20.5 Å². The number of rotatable bonds is 6. The number of ether oxygens (including phenoxy) is 1. The number of anilines is 1. The largest absolute Gasteiger partial charge is 0.487 e. The van der Waals surface area contributed by atoms with Gasteiger partial charge in [0.25, 0.3) is 5.69 Å². The van der Waals surface area contributed by atoms with Crippen LogP contribution < -0.4 is 10.1 Å². The number of benzene rings is 1. The molecule has 0 unspecified atom stereocenters. The van der Waals surface area contributed by atoms with Gasteiger partial charge in [0.15, 0.2) is 0 Å². The van der Waals surface area contributed by atoms with Crippen molar-refractivity contribution in [1.82, 2.24) is 9.97 Å². The van der Waals surface area contributed by atoms with Crippen molar-refractivity contribution in [3.8, 4) is 5.75 Å². The highest BCUT2D eigenvalue weighted by Gasteiger charge is 2.14. The zero-order valence-electron chi connectivity index (χ0n) is 11.9. The zero-order chi connectivity index (χ0) is 15.2. The topological polar surface area (TPSA) is 90.2 Å². The van der Waals surface area contributed by atoms with Crippen molar-refractivity contribution in [3.63, 3.8) is 0 Å². The number of hydrogen-bond acceptors (Lipinski definition) is 6. The Labute approximate surface area is 122 Å². The van der Waals surface area contributed by atoms with Gasteiger partial charge in [-0.05, 0) is 19.9 Å². The van der Waals surface area contributed by atoms with Gasteiger partial charge in [-0.25, -0.2) is 4.98 Å². The van der Waals surface area contributed by atoms with Crippen molar-refractivity contribution in [2.75, 3.05) is 11.9 Å². The molecule has 0 saturated carbocycles. The van der Waals surface area contributed by atoms with Crippen LogP contribution in [0.3, 0.4) is 0 Å². The third kappa shape index (κ3) is 3.65. The predicted molar refractivity (Wildman–Crippen MR) is 78.4 cm³/mol. The summed E-state index contributed by atoms with van der Waals surface area (Å²) in [5.41, 5.74) is 1.20. The fourth-order valence-electron chi connectivity index (χ4n) is 1.81. The van der Waals surface area contributed by atoms with Gasteiger partial charge in [0, 0.05) is 12.6 Å². The highest BCUT2D eigenvalue weighted by Crippen LogP contribution is 2.27. The Morgan fingerprint density at radius 1 is 1.33 bits per heavy atom. The molecule has 1 N–H and O–H groups in total. The minimum absolute atomic E-state index is 0.0427. The summed E-state index contributed by atoms with van der Waals surface area (Å²) in [6, 6.07) is 4.75. The maximum Gasteiger partial charge on any atom is 0.276 e. The highest BCUT2D eigenvalue weighted by atomic mass is 16.6. The lowest BCUT2D eigenvalue weighted by atomic mass is 10.2. The van der Waals surface area contributed by atoms with Crippen molar-refractivity contribution in [2.24, 2.45) is 0 Å². The van der Waals surface area contributed by atoms with Gasteiger partial charge in [0.2, 0.25) is 0 Å². The third-order valence-corrected chi connectivity index (χ3v) is 2.89. The number of nitrogens with zero attached hydrogens (tertiary/aromatic N) is 3. The first kappa shape index (κ1) is 14.7. The Morgan fingerprint density at radius 2 is 2.14 bits per heavy atom. The molecule has 0 atom stereocenters. The standard InChI is InChI=1S/C14H16N4O3/c1-3-15-14-8-16-11(7-17-14)9-21-13-6-4-5-12(10(13)2)18(19)20/h4-8H,3,9H2,1-2H3,(H,15,17). The second-order valence-corrected chi connectivity index (χ2v) is 4.37. The van der Waals surface area contributed by atoms with Gasteiger partial charge in [-0.2, -0.15) is 0 Å². The van der Waals surface area contributed by atoms with Crippen LogP contribution in [-0.4, -0.2) is 21.4 Å². The van der Waals surface area contributed by atoms with Gasteiger partial charge in [0.05, 0.1) is 28.6 Å². The molecular formula is C14H16N4O3. The van der Waals surface area contributed by atoms with Crippen LogP contribution >= 0.6 is 0 Å². The van der Waals surface area contributed by atoms with Gasteiger partial charge in [-0.1, -0.05) is 6.07 Å². The summed E-state index contributed by atoms with van der Waals surface area (Å²) < 4.78 is 5.59. The average molecular weight is 288 g/mol. The van der Waals surface area contributed by atoms with Crippen LogP contribution in [0.25, 0.3) is 0 Å². The van der Waals surface area contributed by atoms with E-state index in [0.717, 1.165) is 6.54 Å². The van der Waals surface area contributed by atoms with E-state index in [0.29, 0.717) is 22.8 Å². The minimum Gasteiger partial charge on any atom is -0.487 e. The quantitative estimate of drug-likeness (QED) is 0.649. The van der Waals surface area contributed by atoms with Crippen LogP contribution in [0.5, 0.6) is 5.75 Å². The molecule has 0 aliphatic carbocycles. The molecule has 2 rings (SSSR count). The molecule has 0 spiro atoms. The first-order valence-corrected chi connectivity index (χ1v) is 6.53. The molecule has 0 aliphatic heterocycles. The third-order valence-electron chi connectivity index (χ3n) is 2.89. The van der Waals surface area contributed by atoms with Crippen molar-refractivity contribution in [3.05, 3.63) is 52.0 Å². The molecular weight excluding hydrogens is 272 g/mol. The number of nitro groups is 1. The highest BCUT2D eigenvalue weighted by molar-refractivity contribution is 5.48. The Balaban J connectivity index is 2.06. The molecule has 110 valence electrons. The number of aromatic nitrogens is 2. The van der Waals surface area contributed by atoms with E-state index < -0.39 is 4.92 Å². The molecule has 0 radical (unpaired) electrons. The summed E-state index contributed by atoms with van der Waals surface area (Å²) in [5.74, 6) is 1.18. The van der Waals surface area contributed by atoms with E-state index in [9.17, 15) is 10.1 Å². The maximum atomic E-state index is 10.9. The Hall–Kier alpha value is -2.70. The summed E-state index contributed by atoms with van der Waals surface area (Å²) in [6.07, 6.45) is 3.24. The number of nitrogens with one attached hydrogen (secondary N) is 1. The van der Waals surface area contributed by atoms with E-state index in [4.69, 9.17) is 4.74 Å². The second-order valence-electron chi connectivity index (χ2n) is 4.37. The first-order valence-electron chi connectivity index (χ1n) is 6.53. The fourth-order valence-corrected chi connectivity index (χ4v) is 1.81. The van der Waals surface area contributed by atoms with Gasteiger partial charge < -0.3 is 10.1 Å². The average Bonchev–Trinajstić information content (AvgIpc) is 2.48. The van der Waals surface area contributed by atoms with E-state index in [1.54, 1.807) is 31.5 Å². The van der Waals surface area contributed by atoms with Crippen molar-refractivity contribution >= 4 is 11.5 Å². The van der Waals surface area contributed by atoms with Crippen molar-refractivity contribution in [1.29, 1.82) is 0 Å². The summed E-state index contributed by atoms with van der Waals surface area (Å²) in [7, 11) is 0. The Bertz CT molecular complexity index is 629. The lowest BCUT2D eigenvalue weighted by Gasteiger charge is -2.09. The van der Waals surface area contributed by atoms with E-state index in [1.165, 1.54) is 6.07 Å². The van der Waals surface area contributed by atoms with E-state index >= 15 is 0 Å². The fraction of sp³-hybridized carbons (Fsp3) is 0.286. The van der Waals surface area contributed by atoms with Crippen LogP contribution in [0.2, 0.25) is 0 Å². The summed E-state index contributed by atoms with van der Waals surface area (Å²) >= 11 is 0. The van der Waals surface area contributed by atoms with Crippen LogP contribution in [-0.2, 0) is 6.61 Å². The van der Waals surface area contributed by atoms with Gasteiger partial charge in [-0.15, -0.1) is 0 Å². The molecule has 0 amide bonds. The molecule has 0 bridgehead atoms.